The molecule has 0 unspecified atom stereocenters. The number of thiazole rings is 1. The summed E-state index contributed by atoms with van der Waals surface area (Å²) in [4.78, 5) is 5.45. The molecule has 2 rings (SSSR count). The van der Waals surface area contributed by atoms with Crippen molar-refractivity contribution in [2.45, 2.75) is 33.0 Å². The molecule has 1 aromatic carbocycles. The predicted octanol–water partition coefficient (Wildman–Crippen LogP) is 3.58. The Bertz CT molecular complexity index is 602. The highest BCUT2D eigenvalue weighted by atomic mass is 32.1. The van der Waals surface area contributed by atoms with E-state index in [-0.39, 0.29) is 0 Å². The SMILES string of the molecule is CCOc1cccc(-c2nc(COC)c(C(C)(C)O)s2)c1. The normalized spacial score (nSPS) is 11.7. The highest BCUT2D eigenvalue weighted by molar-refractivity contribution is 7.15. The first-order valence-electron chi connectivity index (χ1n) is 6.90. The topological polar surface area (TPSA) is 51.6 Å². The summed E-state index contributed by atoms with van der Waals surface area (Å²) >= 11 is 1.49. The lowest BCUT2D eigenvalue weighted by Gasteiger charge is -2.16. The summed E-state index contributed by atoms with van der Waals surface area (Å²) in [7, 11) is 1.63. The summed E-state index contributed by atoms with van der Waals surface area (Å²) in [5, 5.41) is 11.1. The van der Waals surface area contributed by atoms with Crippen LogP contribution < -0.4 is 4.74 Å². The molecule has 0 saturated heterocycles. The van der Waals surface area contributed by atoms with Crippen molar-refractivity contribution >= 4 is 11.3 Å². The van der Waals surface area contributed by atoms with Crippen LogP contribution in [-0.2, 0) is 16.9 Å². The van der Waals surface area contributed by atoms with Gasteiger partial charge >= 0.3 is 0 Å². The lowest BCUT2D eigenvalue weighted by atomic mass is 10.1. The number of hydrogen-bond donors (Lipinski definition) is 1. The largest absolute Gasteiger partial charge is 0.494 e. The number of aliphatic hydroxyl groups is 1. The van der Waals surface area contributed by atoms with Crippen LogP contribution in [0.4, 0.5) is 0 Å². The van der Waals surface area contributed by atoms with Gasteiger partial charge in [-0.15, -0.1) is 11.3 Å². The highest BCUT2D eigenvalue weighted by Crippen LogP contribution is 2.36. The van der Waals surface area contributed by atoms with Crippen LogP contribution >= 0.6 is 11.3 Å². The molecule has 0 saturated carbocycles. The molecule has 5 heteroatoms. The first kappa shape index (κ1) is 15.9. The summed E-state index contributed by atoms with van der Waals surface area (Å²) in [5.74, 6) is 0.823. The molecule has 114 valence electrons. The molecule has 0 fully saturated rings. The van der Waals surface area contributed by atoms with Gasteiger partial charge in [0.05, 0.1) is 29.4 Å². The summed E-state index contributed by atoms with van der Waals surface area (Å²) in [6, 6.07) is 7.83. The maximum absolute atomic E-state index is 10.3. The van der Waals surface area contributed by atoms with Crippen LogP contribution in [0.2, 0.25) is 0 Å². The Morgan fingerprint density at radius 2 is 2.10 bits per heavy atom. The van der Waals surface area contributed by atoms with E-state index in [4.69, 9.17) is 9.47 Å². The molecular formula is C16H21NO3S. The van der Waals surface area contributed by atoms with Gasteiger partial charge in [0.15, 0.2) is 0 Å². The zero-order chi connectivity index (χ0) is 15.5. The van der Waals surface area contributed by atoms with Crippen LogP contribution in [0.3, 0.4) is 0 Å². The minimum Gasteiger partial charge on any atom is -0.494 e. The quantitative estimate of drug-likeness (QED) is 0.886. The van der Waals surface area contributed by atoms with E-state index in [2.05, 4.69) is 4.98 Å². The molecule has 0 aliphatic heterocycles. The van der Waals surface area contributed by atoms with Gasteiger partial charge in [0.1, 0.15) is 10.8 Å². The molecule has 1 aromatic heterocycles. The van der Waals surface area contributed by atoms with Crippen LogP contribution in [0.25, 0.3) is 10.6 Å². The molecule has 0 amide bonds. The Morgan fingerprint density at radius 3 is 2.71 bits per heavy atom. The zero-order valence-electron chi connectivity index (χ0n) is 12.8. The van der Waals surface area contributed by atoms with Crippen LogP contribution in [0.1, 0.15) is 31.3 Å². The highest BCUT2D eigenvalue weighted by Gasteiger charge is 2.25. The molecule has 2 aromatic rings. The lowest BCUT2D eigenvalue weighted by Crippen LogP contribution is -2.16. The molecular weight excluding hydrogens is 286 g/mol. The van der Waals surface area contributed by atoms with Gasteiger partial charge in [-0.2, -0.15) is 0 Å². The van der Waals surface area contributed by atoms with Crippen molar-refractivity contribution in [3.63, 3.8) is 0 Å². The molecule has 0 spiro atoms. The Kier molecular flexibility index (Phi) is 4.98. The number of methoxy groups -OCH3 is 1. The van der Waals surface area contributed by atoms with E-state index in [0.29, 0.717) is 13.2 Å². The van der Waals surface area contributed by atoms with E-state index in [1.165, 1.54) is 11.3 Å². The second-order valence-corrected chi connectivity index (χ2v) is 6.25. The molecule has 0 radical (unpaired) electrons. The van der Waals surface area contributed by atoms with Crippen molar-refractivity contribution in [3.05, 3.63) is 34.8 Å². The first-order valence-corrected chi connectivity index (χ1v) is 7.72. The molecule has 0 aliphatic rings. The maximum atomic E-state index is 10.3. The fourth-order valence-electron chi connectivity index (χ4n) is 2.07. The van der Waals surface area contributed by atoms with Gasteiger partial charge in [-0.1, -0.05) is 12.1 Å². The van der Waals surface area contributed by atoms with Gasteiger partial charge < -0.3 is 14.6 Å². The van der Waals surface area contributed by atoms with Crippen molar-refractivity contribution in [2.24, 2.45) is 0 Å². The molecule has 1 heterocycles. The Hall–Kier alpha value is -1.43. The van der Waals surface area contributed by atoms with Crippen LogP contribution in [-0.4, -0.2) is 23.8 Å². The number of nitrogens with zero attached hydrogens (tertiary/aromatic N) is 1. The van der Waals surface area contributed by atoms with Crippen LogP contribution in [0.5, 0.6) is 5.75 Å². The van der Waals surface area contributed by atoms with Crippen molar-refractivity contribution in [3.8, 4) is 16.3 Å². The van der Waals surface area contributed by atoms with Crippen molar-refractivity contribution in [1.82, 2.24) is 4.98 Å². The lowest BCUT2D eigenvalue weighted by molar-refractivity contribution is 0.0782. The zero-order valence-corrected chi connectivity index (χ0v) is 13.7. The van der Waals surface area contributed by atoms with Gasteiger partial charge in [-0.05, 0) is 32.9 Å². The van der Waals surface area contributed by atoms with Crippen molar-refractivity contribution in [2.75, 3.05) is 13.7 Å². The summed E-state index contributed by atoms with van der Waals surface area (Å²) in [6.07, 6.45) is 0. The van der Waals surface area contributed by atoms with E-state index in [9.17, 15) is 5.11 Å². The number of rotatable bonds is 6. The molecule has 4 nitrogen and oxygen atoms in total. The Morgan fingerprint density at radius 1 is 1.33 bits per heavy atom. The van der Waals surface area contributed by atoms with E-state index < -0.39 is 5.60 Å². The van der Waals surface area contributed by atoms with E-state index in [0.717, 1.165) is 26.9 Å². The van der Waals surface area contributed by atoms with Crippen LogP contribution in [0, 0.1) is 0 Å². The van der Waals surface area contributed by atoms with E-state index in [1.54, 1.807) is 21.0 Å². The molecule has 21 heavy (non-hydrogen) atoms. The predicted molar refractivity (Wildman–Crippen MR) is 84.7 cm³/mol. The summed E-state index contributed by atoms with van der Waals surface area (Å²) < 4.78 is 10.7. The average Bonchev–Trinajstić information content (AvgIpc) is 2.84. The van der Waals surface area contributed by atoms with E-state index in [1.807, 2.05) is 31.2 Å². The molecule has 0 atom stereocenters. The van der Waals surface area contributed by atoms with Gasteiger partial charge in [-0.25, -0.2) is 4.98 Å². The third kappa shape index (κ3) is 3.81. The Balaban J connectivity index is 2.42. The standard InChI is InChI=1S/C16H21NO3S/c1-5-20-12-8-6-7-11(9-12)15-17-13(10-19-4)14(21-15)16(2,3)18/h6-9,18H,5,10H2,1-4H3. The second kappa shape index (κ2) is 6.56. The summed E-state index contributed by atoms with van der Waals surface area (Å²) in [6.45, 7) is 6.51. The fourth-order valence-corrected chi connectivity index (χ4v) is 3.14. The van der Waals surface area contributed by atoms with E-state index >= 15 is 0 Å². The molecule has 1 N–H and O–H groups in total. The number of ether oxygens (including phenoxy) is 2. The van der Waals surface area contributed by atoms with Crippen molar-refractivity contribution < 1.29 is 14.6 Å². The van der Waals surface area contributed by atoms with Crippen molar-refractivity contribution in [1.29, 1.82) is 0 Å². The molecule has 0 aliphatic carbocycles. The number of benzene rings is 1. The maximum Gasteiger partial charge on any atom is 0.124 e. The van der Waals surface area contributed by atoms with Gasteiger partial charge in [0.2, 0.25) is 0 Å². The average molecular weight is 307 g/mol. The van der Waals surface area contributed by atoms with Gasteiger partial charge in [0, 0.05) is 12.7 Å². The van der Waals surface area contributed by atoms with Crippen LogP contribution in [0.15, 0.2) is 24.3 Å². The van der Waals surface area contributed by atoms with Gasteiger partial charge in [-0.3, -0.25) is 0 Å². The monoisotopic (exact) mass is 307 g/mol. The fraction of sp³-hybridized carbons (Fsp3) is 0.438. The molecule has 0 bridgehead atoms. The summed E-state index contributed by atoms with van der Waals surface area (Å²) in [5.41, 5.74) is 0.840. The third-order valence-electron chi connectivity index (χ3n) is 2.93. The second-order valence-electron chi connectivity index (χ2n) is 5.25. The first-order chi connectivity index (χ1) is 9.95. The Labute approximate surface area is 129 Å². The minimum absolute atomic E-state index is 0.390. The minimum atomic E-state index is -0.929. The third-order valence-corrected chi connectivity index (χ3v) is 4.39. The smallest absolute Gasteiger partial charge is 0.124 e. The van der Waals surface area contributed by atoms with Gasteiger partial charge in [0.25, 0.3) is 0 Å². The number of hydrogen-bond acceptors (Lipinski definition) is 5. The number of aromatic nitrogens is 1.